The molecule has 4 nitrogen and oxygen atoms in total. The van der Waals surface area contributed by atoms with Crippen molar-refractivity contribution in [1.29, 1.82) is 0 Å². The zero-order valence-electron chi connectivity index (χ0n) is 86.2. The Morgan fingerprint density at radius 1 is 0.233 bits per heavy atom. The van der Waals surface area contributed by atoms with Crippen molar-refractivity contribution in [2.24, 2.45) is 0 Å². The second-order valence-corrected chi connectivity index (χ2v) is 53.6. The van der Waals surface area contributed by atoms with Crippen molar-refractivity contribution >= 4 is 211 Å². The Morgan fingerprint density at radius 3 is 0.932 bits per heavy atom. The Labute approximate surface area is 871 Å². The van der Waals surface area contributed by atoms with Gasteiger partial charge in [0.2, 0.25) is 0 Å². The minimum atomic E-state index is -2.26. The lowest BCUT2D eigenvalue weighted by Crippen LogP contribution is -2.62. The number of anilines is 12. The van der Waals surface area contributed by atoms with Gasteiger partial charge in [0, 0.05) is 85.2 Å². The molecule has 0 radical (unpaired) electrons. The number of fused-ring (bicyclic) bond motifs is 15. The van der Waals surface area contributed by atoms with Crippen molar-refractivity contribution in [2.45, 2.75) is 181 Å². The molecule has 2 aromatic heterocycles. The van der Waals surface area contributed by atoms with Gasteiger partial charge in [-0.2, -0.15) is 0 Å². The van der Waals surface area contributed by atoms with Gasteiger partial charge in [-0.15, -0.1) is 22.7 Å². The van der Waals surface area contributed by atoms with Crippen LogP contribution in [0.3, 0.4) is 0 Å². The number of nitrogens with zero attached hydrogens (tertiary/aromatic N) is 4. The molecule has 0 atom stereocenters. The number of rotatable bonds is 22. The van der Waals surface area contributed by atoms with E-state index in [1.54, 1.807) is 20.7 Å². The Morgan fingerprint density at radius 2 is 0.548 bits per heavy atom. The number of benzene rings is 20. The van der Waals surface area contributed by atoms with Gasteiger partial charge in [0.1, 0.15) is 16.1 Å². The van der Waals surface area contributed by atoms with Crippen LogP contribution in [0.1, 0.15) is 196 Å². The molecule has 6 heterocycles. The van der Waals surface area contributed by atoms with Crippen LogP contribution < -0.4 is 40.3 Å². The van der Waals surface area contributed by atoms with Crippen LogP contribution in [0.2, 0.25) is 24.2 Å². The largest absolute Gasteiger partial charge is 0.310 e. The van der Waals surface area contributed by atoms with E-state index in [1.807, 2.05) is 22.7 Å². The van der Waals surface area contributed by atoms with Gasteiger partial charge in [-0.3, -0.25) is 0 Å². The highest BCUT2D eigenvalue weighted by atomic mass is 32.1. The van der Waals surface area contributed by atoms with Crippen LogP contribution in [-0.2, 0) is 10.8 Å². The fraction of sp³-hybridized carbons (Fsp3) is 0.203. The van der Waals surface area contributed by atoms with E-state index in [0.717, 1.165) is 11.4 Å². The van der Waals surface area contributed by atoms with Gasteiger partial charge in [-0.05, 0) is 276 Å². The smallest absolute Gasteiger partial charge is 0.123 e. The first-order valence-electron chi connectivity index (χ1n) is 53.8. The van der Waals surface area contributed by atoms with E-state index < -0.39 is 27.0 Å². The van der Waals surface area contributed by atoms with Gasteiger partial charge < -0.3 is 19.6 Å². The van der Waals surface area contributed by atoms with Crippen LogP contribution in [0.25, 0.3) is 83.4 Å². The Bertz CT molecular complexity index is 8640. The number of hydrogen-bond acceptors (Lipinski definition) is 6. The van der Waals surface area contributed by atoms with Crippen molar-refractivity contribution in [2.75, 3.05) is 19.6 Å². The lowest BCUT2D eigenvalue weighted by Gasteiger charge is -2.47. The van der Waals surface area contributed by atoms with E-state index in [9.17, 15) is 0 Å². The van der Waals surface area contributed by atoms with Crippen molar-refractivity contribution in [3.8, 4) is 0 Å². The van der Waals surface area contributed by atoms with E-state index in [4.69, 9.17) is 0 Å². The lowest BCUT2D eigenvalue weighted by molar-refractivity contribution is 0.730. The molecule has 718 valence electrons. The Balaban J connectivity index is 0.000000152. The lowest BCUT2D eigenvalue weighted by atomic mass is 9.62. The molecule has 8 heteroatoms. The molecule has 0 aliphatic carbocycles. The summed E-state index contributed by atoms with van der Waals surface area (Å²) in [6.07, 6.45) is 9.96. The van der Waals surface area contributed by atoms with Crippen LogP contribution in [-0.4, -0.2) is 16.1 Å². The predicted molar refractivity (Wildman–Crippen MR) is 638 cm³/mol. The highest BCUT2D eigenvalue weighted by Gasteiger charge is 2.52. The summed E-state index contributed by atoms with van der Waals surface area (Å²) in [6, 6.07) is 156. The zero-order chi connectivity index (χ0) is 99.2. The van der Waals surface area contributed by atoms with E-state index in [-0.39, 0.29) is 0 Å². The normalized spacial score (nSPS) is 14.5. The second kappa shape index (κ2) is 37.1. The molecule has 26 rings (SSSR count). The van der Waals surface area contributed by atoms with Gasteiger partial charge in [-0.25, -0.2) is 0 Å². The molecule has 0 saturated carbocycles. The number of para-hydroxylation sites is 6. The minimum absolute atomic E-state index is 0.324. The molecule has 20 aromatic carbocycles. The van der Waals surface area contributed by atoms with Gasteiger partial charge in [0.25, 0.3) is 0 Å². The first-order chi connectivity index (χ1) is 71.5. The van der Waals surface area contributed by atoms with Crippen LogP contribution in [0.15, 0.2) is 388 Å². The first-order valence-corrected chi connectivity index (χ1v) is 60.3. The van der Waals surface area contributed by atoms with E-state index in [0.29, 0.717) is 11.8 Å². The first kappa shape index (κ1) is 92.9. The second-order valence-electron chi connectivity index (χ2n) is 43.0. The average Bonchev–Trinajstić information content (AvgIpc) is 1.02. The van der Waals surface area contributed by atoms with Crippen LogP contribution in [0.4, 0.5) is 68.2 Å². The van der Waals surface area contributed by atoms with Gasteiger partial charge in [-0.1, -0.05) is 414 Å². The molecule has 22 aromatic rings. The molecular formula is C138H126N4S2Si2. The molecule has 0 fully saturated rings. The van der Waals surface area contributed by atoms with Crippen molar-refractivity contribution in [3.05, 3.63) is 466 Å². The molecule has 0 bridgehead atoms. The van der Waals surface area contributed by atoms with Crippen LogP contribution in [0, 0.1) is 27.7 Å². The molecule has 0 unspecified atom stereocenters. The summed E-state index contributed by atoms with van der Waals surface area (Å²) in [6.45, 7) is 27.9. The Hall–Kier alpha value is -14.2. The third-order valence-electron chi connectivity index (χ3n) is 33.8. The maximum atomic E-state index is 2.77. The molecule has 0 spiro atoms. The zero-order valence-corrected chi connectivity index (χ0v) is 89.8. The fourth-order valence-corrected chi connectivity index (χ4v) is 40.5. The number of aryl methyl sites for hydroxylation is 4. The summed E-state index contributed by atoms with van der Waals surface area (Å²) in [5.74, 6) is 0.656. The topological polar surface area (TPSA) is 13.0 Å². The summed E-state index contributed by atoms with van der Waals surface area (Å²) in [7, 11) is -4.36. The standard InChI is InChI=1S/C70H52N2S.C68H74N2SSi2/c1-45-21-31-51(32-22-45)69(52-33-23-46(2)24-34-52)59-14-6-9-17-63(59)71(64-18-10-7-15-60(64)69)55-39-29-50-42-56(40-30-49(50)41-55)72-65-19-11-8-16-61(65)70(53-35-25-47(3)26-36-53,54-37-27-48(4)28-38-54)62-43-58-57-13-5-12-20-67(57)73-68(58)44-66(62)72;1-9-13-37-72(38-14-10-2)63-30-22-18-26-55(63)69(56-27-19-23-31-64(56)72)58-41-52(45(5)6)48-34-36-51-59(42-53(46(7)8)49-33-35-50(58)67(48)68(49)51)70-57-28-20-24-32-65(57)73(39-15-11-3,40-16-12-4)66-43-54-47-25-17-21-29-61(47)71-62(54)44-60(66)70/h5-44H,1-4H3;17-36,41-46H,9-16,37-40H2,1-8H3. The number of unbranched alkanes of at least 4 members (excludes halogenated alkanes) is 4. The summed E-state index contributed by atoms with van der Waals surface area (Å²) >= 11 is 3.85. The van der Waals surface area contributed by atoms with Crippen LogP contribution in [0.5, 0.6) is 0 Å². The number of hydrogen-bond donors (Lipinski definition) is 0. The van der Waals surface area contributed by atoms with E-state index in [1.165, 1.54) is 294 Å². The maximum Gasteiger partial charge on any atom is 0.123 e. The van der Waals surface area contributed by atoms with Gasteiger partial charge in [0.05, 0.1) is 45.0 Å². The van der Waals surface area contributed by atoms with Crippen molar-refractivity contribution in [3.63, 3.8) is 0 Å². The van der Waals surface area contributed by atoms with Gasteiger partial charge in [0.15, 0.2) is 0 Å². The van der Waals surface area contributed by atoms with Crippen molar-refractivity contribution < 1.29 is 0 Å². The third-order valence-corrected chi connectivity index (χ3v) is 46.6. The monoisotopic (exact) mass is 1960 g/mol. The average molecular weight is 1960 g/mol. The van der Waals surface area contributed by atoms with Crippen LogP contribution >= 0.6 is 22.7 Å². The summed E-state index contributed by atoms with van der Waals surface area (Å²) in [5, 5.41) is 22.7. The SMILES string of the molecule is CCCC[Si]1(CCCC)c2ccccc2N(c2cc(C(C)C)c3ccc4c(N5c6ccccc6[Si](CCCC)(CCCC)c6cc7c(cc65)sc5ccccc57)cc(C(C)C)c5ccc2c3c54)c2ccccc21.Cc1ccc(C2(c3ccc(C)cc3)c3ccccc3N(c3ccc4cc(N5c6ccccc6C(c6ccc(C)cc6)(c6ccc(C)cc6)c6cc7c(cc65)sc5ccccc57)ccc4c3)c3ccccc32)cc1. The summed E-state index contributed by atoms with van der Waals surface area (Å²) in [5.41, 5.74) is 32.1. The third kappa shape index (κ3) is 14.5. The molecule has 0 saturated heterocycles. The fourth-order valence-electron chi connectivity index (χ4n) is 26.8. The molecular weight excluding hydrogens is 1830 g/mol. The highest BCUT2D eigenvalue weighted by Crippen LogP contribution is 2.63. The number of thiophene rings is 2. The van der Waals surface area contributed by atoms with E-state index in [2.05, 4.69) is 491 Å². The van der Waals surface area contributed by atoms with Gasteiger partial charge >= 0.3 is 0 Å². The minimum Gasteiger partial charge on any atom is -0.310 e. The Kier molecular flexibility index (Phi) is 23.6. The van der Waals surface area contributed by atoms with Crippen molar-refractivity contribution in [1.82, 2.24) is 0 Å². The molecule has 4 aliphatic rings. The van der Waals surface area contributed by atoms with E-state index >= 15 is 0 Å². The molecule has 146 heavy (non-hydrogen) atoms. The quantitative estimate of drug-likeness (QED) is 0.0495. The molecule has 4 aliphatic heterocycles. The molecule has 0 N–H and O–H groups in total. The summed E-state index contributed by atoms with van der Waals surface area (Å²) < 4.78 is 5.36. The maximum absolute atomic E-state index is 2.77. The summed E-state index contributed by atoms with van der Waals surface area (Å²) in [4.78, 5) is 10.5. The predicted octanol–water partition coefficient (Wildman–Crippen LogP) is 37.9. The molecule has 0 amide bonds. The highest BCUT2D eigenvalue weighted by molar-refractivity contribution is 7.26.